The molecule has 118 valence electrons. The van der Waals surface area contributed by atoms with Gasteiger partial charge < -0.3 is 10.6 Å². The van der Waals surface area contributed by atoms with E-state index in [2.05, 4.69) is 12.2 Å². The molecule has 1 amide bonds. The summed E-state index contributed by atoms with van der Waals surface area (Å²) in [5.41, 5.74) is 0. The smallest absolute Gasteiger partial charge is 0.346 e. The Kier molecular flexibility index (Phi) is 7.29. The second kappa shape index (κ2) is 8.46. The van der Waals surface area contributed by atoms with E-state index < -0.39 is 18.6 Å². The molecule has 0 bridgehead atoms. The Morgan fingerprint density at radius 1 is 1.45 bits per heavy atom. The number of nitrogens with zero attached hydrogens (tertiary/aromatic N) is 1. The van der Waals surface area contributed by atoms with Crippen LogP contribution in [-0.2, 0) is 4.79 Å². The number of amides is 1. The Labute approximate surface area is 118 Å². The monoisotopic (exact) mass is 295 g/mol. The van der Waals surface area contributed by atoms with Gasteiger partial charge in [-0.3, -0.25) is 9.69 Å². The molecule has 1 rings (SSSR count). The summed E-state index contributed by atoms with van der Waals surface area (Å²) in [6.07, 6.45) is -0.228. The highest BCUT2D eigenvalue weighted by atomic mass is 19.4. The average Bonchev–Trinajstić information content (AvgIpc) is 2.85. The molecule has 0 spiro atoms. The minimum absolute atomic E-state index is 0.0360. The molecule has 4 nitrogen and oxygen atoms in total. The third kappa shape index (κ3) is 7.69. The SMILES string of the molecule is CCCCN(CC(=O)NCC(F)(F)F)CC1CCCN1. The Morgan fingerprint density at radius 2 is 2.20 bits per heavy atom. The predicted molar refractivity (Wildman–Crippen MR) is 71.4 cm³/mol. The van der Waals surface area contributed by atoms with Crippen molar-refractivity contribution < 1.29 is 18.0 Å². The lowest BCUT2D eigenvalue weighted by molar-refractivity contribution is -0.139. The molecular formula is C13H24F3N3O. The van der Waals surface area contributed by atoms with E-state index >= 15 is 0 Å². The molecule has 1 aliphatic rings. The largest absolute Gasteiger partial charge is 0.405 e. The molecule has 20 heavy (non-hydrogen) atoms. The summed E-state index contributed by atoms with van der Waals surface area (Å²) >= 11 is 0. The van der Waals surface area contributed by atoms with E-state index in [-0.39, 0.29) is 6.54 Å². The van der Waals surface area contributed by atoms with Crippen LogP contribution >= 0.6 is 0 Å². The van der Waals surface area contributed by atoms with Crippen molar-refractivity contribution in [3.8, 4) is 0 Å². The van der Waals surface area contributed by atoms with Gasteiger partial charge in [0.25, 0.3) is 0 Å². The molecule has 1 saturated heterocycles. The van der Waals surface area contributed by atoms with Gasteiger partial charge in [-0.2, -0.15) is 13.2 Å². The van der Waals surface area contributed by atoms with Crippen molar-refractivity contribution in [3.63, 3.8) is 0 Å². The summed E-state index contributed by atoms with van der Waals surface area (Å²) in [4.78, 5) is 13.5. The molecule has 0 aromatic rings. The maximum atomic E-state index is 12.0. The Morgan fingerprint density at radius 3 is 2.75 bits per heavy atom. The minimum atomic E-state index is -4.35. The predicted octanol–water partition coefficient (Wildman–Crippen LogP) is 1.52. The molecule has 2 N–H and O–H groups in total. The summed E-state index contributed by atoms with van der Waals surface area (Å²) in [5, 5.41) is 5.27. The first-order valence-electron chi connectivity index (χ1n) is 7.20. The average molecular weight is 295 g/mol. The molecule has 0 radical (unpaired) electrons. The minimum Gasteiger partial charge on any atom is -0.346 e. The first-order chi connectivity index (χ1) is 9.40. The van der Waals surface area contributed by atoms with Crippen LogP contribution in [0.1, 0.15) is 32.6 Å². The third-order valence-corrected chi connectivity index (χ3v) is 3.32. The van der Waals surface area contributed by atoms with Crippen LogP contribution in [0, 0.1) is 0 Å². The van der Waals surface area contributed by atoms with Crippen LogP contribution in [-0.4, -0.2) is 55.7 Å². The fraction of sp³-hybridized carbons (Fsp3) is 0.923. The van der Waals surface area contributed by atoms with E-state index in [4.69, 9.17) is 0 Å². The topological polar surface area (TPSA) is 44.4 Å². The molecule has 0 aliphatic carbocycles. The Hall–Kier alpha value is -0.820. The van der Waals surface area contributed by atoms with E-state index in [1.54, 1.807) is 0 Å². The fourth-order valence-electron chi connectivity index (χ4n) is 2.30. The van der Waals surface area contributed by atoms with Crippen molar-refractivity contribution in [2.24, 2.45) is 0 Å². The molecule has 1 unspecified atom stereocenters. The first kappa shape index (κ1) is 17.2. The van der Waals surface area contributed by atoms with Crippen molar-refractivity contribution in [2.75, 3.05) is 32.7 Å². The van der Waals surface area contributed by atoms with Gasteiger partial charge in [0, 0.05) is 12.6 Å². The lowest BCUT2D eigenvalue weighted by atomic mass is 10.2. The quantitative estimate of drug-likeness (QED) is 0.713. The second-order valence-corrected chi connectivity index (χ2v) is 5.27. The summed E-state index contributed by atoms with van der Waals surface area (Å²) in [5.74, 6) is -0.559. The number of halogens is 3. The normalized spacial score (nSPS) is 19.6. The number of carbonyl (C=O) groups is 1. The molecule has 1 heterocycles. The van der Waals surface area contributed by atoms with Crippen LogP contribution in [0.3, 0.4) is 0 Å². The highest BCUT2D eigenvalue weighted by Crippen LogP contribution is 2.12. The highest BCUT2D eigenvalue weighted by molar-refractivity contribution is 5.78. The first-order valence-corrected chi connectivity index (χ1v) is 7.20. The number of carbonyl (C=O) groups excluding carboxylic acids is 1. The van der Waals surface area contributed by atoms with Crippen molar-refractivity contribution in [2.45, 2.75) is 44.8 Å². The maximum Gasteiger partial charge on any atom is 0.405 e. The molecule has 0 aromatic carbocycles. The van der Waals surface area contributed by atoms with Gasteiger partial charge >= 0.3 is 6.18 Å². The van der Waals surface area contributed by atoms with E-state index in [0.29, 0.717) is 6.04 Å². The van der Waals surface area contributed by atoms with E-state index in [0.717, 1.165) is 45.3 Å². The highest BCUT2D eigenvalue weighted by Gasteiger charge is 2.28. The lowest BCUT2D eigenvalue weighted by Crippen LogP contribution is -2.45. The van der Waals surface area contributed by atoms with Crippen molar-refractivity contribution in [1.82, 2.24) is 15.5 Å². The Bertz CT molecular complexity index is 291. The molecule has 0 aromatic heterocycles. The maximum absolute atomic E-state index is 12.0. The lowest BCUT2D eigenvalue weighted by Gasteiger charge is -2.25. The number of hydrogen-bond donors (Lipinski definition) is 2. The molecule has 1 aliphatic heterocycles. The van der Waals surface area contributed by atoms with Gasteiger partial charge in [-0.05, 0) is 32.4 Å². The summed E-state index contributed by atoms with van der Waals surface area (Å²) in [7, 11) is 0. The van der Waals surface area contributed by atoms with Gasteiger partial charge in [0.05, 0.1) is 6.54 Å². The van der Waals surface area contributed by atoms with Crippen molar-refractivity contribution in [3.05, 3.63) is 0 Å². The second-order valence-electron chi connectivity index (χ2n) is 5.27. The van der Waals surface area contributed by atoms with Gasteiger partial charge in [-0.1, -0.05) is 13.3 Å². The zero-order chi connectivity index (χ0) is 15.0. The van der Waals surface area contributed by atoms with Gasteiger partial charge in [0.2, 0.25) is 5.91 Å². The molecule has 1 atom stereocenters. The summed E-state index contributed by atoms with van der Waals surface area (Å²) in [6.45, 7) is 3.28. The summed E-state index contributed by atoms with van der Waals surface area (Å²) in [6, 6.07) is 0.349. The number of hydrogen-bond acceptors (Lipinski definition) is 3. The van der Waals surface area contributed by atoms with Gasteiger partial charge in [0.1, 0.15) is 6.54 Å². The molecule has 1 fully saturated rings. The third-order valence-electron chi connectivity index (χ3n) is 3.32. The van der Waals surface area contributed by atoms with Crippen molar-refractivity contribution in [1.29, 1.82) is 0 Å². The Balaban J connectivity index is 2.35. The van der Waals surface area contributed by atoms with Gasteiger partial charge in [-0.25, -0.2) is 0 Å². The molecular weight excluding hydrogens is 271 g/mol. The fourth-order valence-corrected chi connectivity index (χ4v) is 2.30. The number of rotatable bonds is 8. The number of nitrogens with one attached hydrogen (secondary N) is 2. The zero-order valence-corrected chi connectivity index (χ0v) is 11.9. The molecule has 7 heteroatoms. The van der Waals surface area contributed by atoms with Crippen LogP contribution in [0.5, 0.6) is 0 Å². The number of unbranched alkanes of at least 4 members (excludes halogenated alkanes) is 1. The van der Waals surface area contributed by atoms with Gasteiger partial charge in [-0.15, -0.1) is 0 Å². The summed E-state index contributed by atoms with van der Waals surface area (Å²) < 4.78 is 36.1. The van der Waals surface area contributed by atoms with E-state index in [9.17, 15) is 18.0 Å². The molecule has 0 saturated carbocycles. The van der Waals surface area contributed by atoms with E-state index in [1.165, 1.54) is 0 Å². The zero-order valence-electron chi connectivity index (χ0n) is 11.9. The standard InChI is InChI=1S/C13H24F3N3O/c1-2-3-7-19(8-11-5-4-6-17-11)9-12(20)18-10-13(14,15)16/h11,17H,2-10H2,1H3,(H,18,20). The van der Waals surface area contributed by atoms with Crippen molar-refractivity contribution >= 4 is 5.91 Å². The van der Waals surface area contributed by atoms with Gasteiger partial charge in [0.15, 0.2) is 0 Å². The van der Waals surface area contributed by atoms with Crippen LogP contribution in [0.25, 0.3) is 0 Å². The van der Waals surface area contributed by atoms with Crippen LogP contribution < -0.4 is 10.6 Å². The van der Waals surface area contributed by atoms with Crippen LogP contribution in [0.15, 0.2) is 0 Å². The van der Waals surface area contributed by atoms with Crippen LogP contribution in [0.2, 0.25) is 0 Å². The van der Waals surface area contributed by atoms with Crippen LogP contribution in [0.4, 0.5) is 13.2 Å². The number of alkyl halides is 3. The van der Waals surface area contributed by atoms with E-state index in [1.807, 2.05) is 10.2 Å².